The number of nitrogens with two attached hydrogens (primary N) is 1. The predicted molar refractivity (Wildman–Crippen MR) is 74.3 cm³/mol. The molecule has 0 heterocycles. The number of hydrazine groups is 1. The molecule has 4 N–H and O–H groups in total. The Morgan fingerprint density at radius 1 is 1.47 bits per heavy atom. The highest BCUT2D eigenvalue weighted by Crippen LogP contribution is 2.18. The Morgan fingerprint density at radius 3 is 2.74 bits per heavy atom. The van der Waals surface area contributed by atoms with Crippen LogP contribution in [0, 0.1) is 5.82 Å². The van der Waals surface area contributed by atoms with Gasteiger partial charge in [0.05, 0.1) is 11.3 Å². The summed E-state index contributed by atoms with van der Waals surface area (Å²) < 4.78 is 13.5. The fourth-order valence-corrected chi connectivity index (χ4v) is 1.69. The SMILES string of the molecule is CC(CCN(C)C)NC(=O)c1cccc(F)c1NN. The number of carbonyl (C=O) groups excluding carboxylic acids is 1. The highest BCUT2D eigenvalue weighted by molar-refractivity contribution is 5.99. The third-order valence-corrected chi connectivity index (χ3v) is 2.79. The summed E-state index contributed by atoms with van der Waals surface area (Å²) in [5.41, 5.74) is 2.45. The lowest BCUT2D eigenvalue weighted by atomic mass is 10.1. The van der Waals surface area contributed by atoms with Gasteiger partial charge < -0.3 is 15.6 Å². The van der Waals surface area contributed by atoms with Gasteiger partial charge in [0.25, 0.3) is 5.91 Å². The van der Waals surface area contributed by atoms with Crippen LogP contribution in [0.25, 0.3) is 0 Å². The Hall–Kier alpha value is -1.66. The number of halogens is 1. The number of hydrogen-bond donors (Lipinski definition) is 3. The van der Waals surface area contributed by atoms with Crippen LogP contribution in [0.1, 0.15) is 23.7 Å². The monoisotopic (exact) mass is 268 g/mol. The minimum atomic E-state index is -0.545. The molecule has 0 fully saturated rings. The fraction of sp³-hybridized carbons (Fsp3) is 0.462. The molecule has 1 unspecified atom stereocenters. The minimum absolute atomic E-state index is 0.00351. The maximum absolute atomic E-state index is 13.5. The van der Waals surface area contributed by atoms with Gasteiger partial charge in [0.15, 0.2) is 0 Å². The molecule has 106 valence electrons. The first kappa shape index (κ1) is 15.4. The van der Waals surface area contributed by atoms with Crippen molar-refractivity contribution in [3.05, 3.63) is 29.6 Å². The van der Waals surface area contributed by atoms with Crippen molar-refractivity contribution in [2.24, 2.45) is 5.84 Å². The van der Waals surface area contributed by atoms with Crippen LogP contribution in [0.15, 0.2) is 18.2 Å². The van der Waals surface area contributed by atoms with Crippen molar-refractivity contribution in [3.8, 4) is 0 Å². The maximum Gasteiger partial charge on any atom is 0.253 e. The van der Waals surface area contributed by atoms with Crippen LogP contribution in [0.2, 0.25) is 0 Å². The van der Waals surface area contributed by atoms with Crippen molar-refractivity contribution in [2.75, 3.05) is 26.1 Å². The maximum atomic E-state index is 13.5. The van der Waals surface area contributed by atoms with Gasteiger partial charge in [-0.2, -0.15) is 0 Å². The number of amides is 1. The Bertz CT molecular complexity index is 437. The highest BCUT2D eigenvalue weighted by Gasteiger charge is 2.16. The third kappa shape index (κ3) is 4.50. The molecule has 19 heavy (non-hydrogen) atoms. The molecule has 1 aromatic carbocycles. The van der Waals surface area contributed by atoms with Gasteiger partial charge in [-0.15, -0.1) is 0 Å². The first-order valence-corrected chi connectivity index (χ1v) is 6.16. The van der Waals surface area contributed by atoms with Crippen molar-refractivity contribution in [1.29, 1.82) is 0 Å². The summed E-state index contributed by atoms with van der Waals surface area (Å²) in [5.74, 6) is 4.36. The molecule has 0 aliphatic heterocycles. The Balaban J connectivity index is 2.70. The molecular weight excluding hydrogens is 247 g/mol. The van der Waals surface area contributed by atoms with E-state index in [2.05, 4.69) is 10.7 Å². The van der Waals surface area contributed by atoms with Crippen molar-refractivity contribution in [2.45, 2.75) is 19.4 Å². The summed E-state index contributed by atoms with van der Waals surface area (Å²) in [6.45, 7) is 2.78. The molecule has 0 saturated heterocycles. The largest absolute Gasteiger partial charge is 0.349 e. The Kier molecular flexibility index (Phi) is 5.72. The molecule has 1 rings (SSSR count). The third-order valence-electron chi connectivity index (χ3n) is 2.79. The zero-order valence-corrected chi connectivity index (χ0v) is 11.5. The average Bonchev–Trinajstić information content (AvgIpc) is 2.36. The van der Waals surface area contributed by atoms with Crippen LogP contribution >= 0.6 is 0 Å². The quantitative estimate of drug-likeness (QED) is 0.535. The first-order chi connectivity index (χ1) is 8.95. The number of carbonyl (C=O) groups is 1. The molecule has 0 spiro atoms. The molecule has 1 atom stereocenters. The first-order valence-electron chi connectivity index (χ1n) is 6.16. The molecule has 0 aliphatic rings. The van der Waals surface area contributed by atoms with Gasteiger partial charge in [0.1, 0.15) is 5.82 Å². The number of hydrogen-bond acceptors (Lipinski definition) is 4. The number of benzene rings is 1. The molecular formula is C13H21FN4O. The van der Waals surface area contributed by atoms with E-state index in [9.17, 15) is 9.18 Å². The van der Waals surface area contributed by atoms with E-state index in [0.29, 0.717) is 0 Å². The molecule has 5 nitrogen and oxygen atoms in total. The Morgan fingerprint density at radius 2 is 2.16 bits per heavy atom. The number of anilines is 1. The second-order valence-corrected chi connectivity index (χ2v) is 4.77. The van der Waals surface area contributed by atoms with Gasteiger partial charge in [0.2, 0.25) is 0 Å². The summed E-state index contributed by atoms with van der Waals surface area (Å²) in [6.07, 6.45) is 0.819. The molecule has 1 amide bonds. The highest BCUT2D eigenvalue weighted by atomic mass is 19.1. The molecule has 6 heteroatoms. The van der Waals surface area contributed by atoms with Crippen LogP contribution in [0.4, 0.5) is 10.1 Å². The second kappa shape index (κ2) is 7.06. The number of rotatable bonds is 6. The molecule has 0 radical (unpaired) electrons. The van der Waals surface area contributed by atoms with Crippen LogP contribution in [-0.2, 0) is 0 Å². The number of para-hydroxylation sites is 1. The van der Waals surface area contributed by atoms with Crippen molar-refractivity contribution >= 4 is 11.6 Å². The summed E-state index contributed by atoms with van der Waals surface area (Å²) >= 11 is 0. The van der Waals surface area contributed by atoms with Crippen LogP contribution < -0.4 is 16.6 Å². The van der Waals surface area contributed by atoms with E-state index in [1.54, 1.807) is 0 Å². The fourth-order valence-electron chi connectivity index (χ4n) is 1.69. The van der Waals surface area contributed by atoms with Gasteiger partial charge in [-0.3, -0.25) is 10.6 Å². The molecule has 0 aliphatic carbocycles. The zero-order valence-electron chi connectivity index (χ0n) is 11.5. The molecule has 0 bridgehead atoms. The van der Waals surface area contributed by atoms with E-state index in [-0.39, 0.29) is 23.2 Å². The van der Waals surface area contributed by atoms with Gasteiger partial charge >= 0.3 is 0 Å². The average molecular weight is 268 g/mol. The van der Waals surface area contributed by atoms with Gasteiger partial charge in [0, 0.05) is 6.04 Å². The van der Waals surface area contributed by atoms with Crippen LogP contribution in [0.3, 0.4) is 0 Å². The summed E-state index contributed by atoms with van der Waals surface area (Å²) in [6, 6.07) is 4.27. The van der Waals surface area contributed by atoms with Crippen LogP contribution in [-0.4, -0.2) is 37.5 Å². The lowest BCUT2D eigenvalue weighted by Gasteiger charge is -2.17. The molecule has 0 saturated carbocycles. The van der Waals surface area contributed by atoms with E-state index in [1.807, 2.05) is 25.9 Å². The lowest BCUT2D eigenvalue weighted by Crippen LogP contribution is -2.35. The number of nitrogens with one attached hydrogen (secondary N) is 2. The summed E-state index contributed by atoms with van der Waals surface area (Å²) in [7, 11) is 3.94. The summed E-state index contributed by atoms with van der Waals surface area (Å²) in [5, 5.41) is 2.83. The van der Waals surface area contributed by atoms with Crippen LogP contribution in [0.5, 0.6) is 0 Å². The van der Waals surface area contributed by atoms with Gasteiger partial charge in [-0.1, -0.05) is 6.07 Å². The van der Waals surface area contributed by atoms with Crippen molar-refractivity contribution in [1.82, 2.24) is 10.2 Å². The Labute approximate surface area is 112 Å². The van der Waals surface area contributed by atoms with Crippen molar-refractivity contribution < 1.29 is 9.18 Å². The smallest absolute Gasteiger partial charge is 0.253 e. The van der Waals surface area contributed by atoms with E-state index >= 15 is 0 Å². The number of nitrogens with zero attached hydrogens (tertiary/aromatic N) is 1. The predicted octanol–water partition coefficient (Wildman–Crippen LogP) is 1.18. The minimum Gasteiger partial charge on any atom is -0.349 e. The van der Waals surface area contributed by atoms with Gasteiger partial charge in [-0.05, 0) is 46.1 Å². The zero-order chi connectivity index (χ0) is 14.4. The van der Waals surface area contributed by atoms with Crippen molar-refractivity contribution in [3.63, 3.8) is 0 Å². The van der Waals surface area contributed by atoms with E-state index in [0.717, 1.165) is 13.0 Å². The normalized spacial score (nSPS) is 12.3. The standard InChI is InChI=1S/C13H21FN4O/c1-9(7-8-18(2)3)16-13(19)10-5-4-6-11(14)12(10)17-15/h4-6,9,17H,7-8,15H2,1-3H3,(H,16,19). The van der Waals surface area contributed by atoms with Gasteiger partial charge in [-0.25, -0.2) is 4.39 Å². The molecule has 1 aromatic rings. The topological polar surface area (TPSA) is 70.4 Å². The van der Waals surface area contributed by atoms with E-state index in [1.165, 1.54) is 18.2 Å². The summed E-state index contributed by atoms with van der Waals surface area (Å²) in [4.78, 5) is 14.1. The van der Waals surface area contributed by atoms with E-state index in [4.69, 9.17) is 5.84 Å². The number of nitrogen functional groups attached to an aromatic ring is 1. The molecule has 0 aromatic heterocycles. The lowest BCUT2D eigenvalue weighted by molar-refractivity contribution is 0.0937. The van der Waals surface area contributed by atoms with E-state index < -0.39 is 5.82 Å². The second-order valence-electron chi connectivity index (χ2n) is 4.77.